The second-order valence-electron chi connectivity index (χ2n) is 9.66. The van der Waals surface area contributed by atoms with Crippen LogP contribution in [0.25, 0.3) is 11.3 Å². The summed E-state index contributed by atoms with van der Waals surface area (Å²) < 4.78 is 0. The number of hydrogen-bond acceptors (Lipinski definition) is 4. The average Bonchev–Trinajstić information content (AvgIpc) is 3.64. The van der Waals surface area contributed by atoms with Gasteiger partial charge in [-0.2, -0.15) is 5.10 Å². The van der Waals surface area contributed by atoms with Crippen molar-refractivity contribution >= 4 is 34.8 Å². The lowest BCUT2D eigenvalue weighted by Gasteiger charge is -2.29. The third-order valence-electron chi connectivity index (χ3n) is 7.47. The summed E-state index contributed by atoms with van der Waals surface area (Å²) in [7, 11) is 0. The number of anilines is 2. The van der Waals surface area contributed by atoms with E-state index in [0.29, 0.717) is 24.7 Å². The Morgan fingerprint density at radius 3 is 2.43 bits per heavy atom. The van der Waals surface area contributed by atoms with Gasteiger partial charge in [-0.25, -0.2) is 0 Å². The van der Waals surface area contributed by atoms with E-state index in [4.69, 9.17) is 11.6 Å². The van der Waals surface area contributed by atoms with Crippen molar-refractivity contribution in [2.45, 2.75) is 32.2 Å². The number of H-pyrrole nitrogens is 1. The van der Waals surface area contributed by atoms with Gasteiger partial charge in [-0.1, -0.05) is 23.7 Å². The van der Waals surface area contributed by atoms with E-state index in [0.717, 1.165) is 47.7 Å². The van der Waals surface area contributed by atoms with Crippen molar-refractivity contribution in [3.8, 4) is 11.3 Å². The standard InChI is InChI=1S/C27H28ClN5O2/c28-20-5-3-18(4-6-20)26-23-17-32(14-11-24(23)29-30-26)27(35)19-15-25(34)33(16-19)22-9-7-21(8-10-22)31-12-1-2-13-31/h3-10,19H,1-2,11-17H2,(H,29,30). The van der Waals surface area contributed by atoms with Gasteiger partial charge in [-0.3, -0.25) is 14.7 Å². The van der Waals surface area contributed by atoms with Crippen LogP contribution < -0.4 is 9.80 Å². The number of aromatic nitrogens is 2. The molecular formula is C27H28ClN5O2. The summed E-state index contributed by atoms with van der Waals surface area (Å²) in [6, 6.07) is 15.8. The van der Waals surface area contributed by atoms with E-state index in [9.17, 15) is 9.59 Å². The molecule has 2 saturated heterocycles. The summed E-state index contributed by atoms with van der Waals surface area (Å²) in [5.74, 6) is -0.267. The summed E-state index contributed by atoms with van der Waals surface area (Å²) in [6.07, 6.45) is 3.44. The van der Waals surface area contributed by atoms with E-state index in [1.54, 1.807) is 4.90 Å². The van der Waals surface area contributed by atoms with Crippen molar-refractivity contribution in [3.63, 3.8) is 0 Å². The Hall–Kier alpha value is -3.32. The summed E-state index contributed by atoms with van der Waals surface area (Å²) >= 11 is 6.04. The SMILES string of the molecule is O=C(C1CC(=O)N(c2ccc(N3CCCC3)cc2)C1)N1CCc2[nH]nc(-c3ccc(Cl)cc3)c2C1. The van der Waals surface area contributed by atoms with Crippen LogP contribution in [-0.4, -0.2) is 53.1 Å². The molecule has 8 heteroatoms. The molecule has 35 heavy (non-hydrogen) atoms. The maximum Gasteiger partial charge on any atom is 0.228 e. The monoisotopic (exact) mass is 489 g/mol. The van der Waals surface area contributed by atoms with E-state index in [1.165, 1.54) is 18.5 Å². The Balaban J connectivity index is 1.15. The first-order valence-corrected chi connectivity index (χ1v) is 12.7. The fourth-order valence-corrected chi connectivity index (χ4v) is 5.66. The summed E-state index contributed by atoms with van der Waals surface area (Å²) in [6.45, 7) is 3.74. The maximum absolute atomic E-state index is 13.5. The van der Waals surface area contributed by atoms with Crippen molar-refractivity contribution in [2.75, 3.05) is 36.0 Å². The molecule has 2 fully saturated rings. The van der Waals surface area contributed by atoms with Crippen LogP contribution in [0.2, 0.25) is 5.02 Å². The van der Waals surface area contributed by atoms with Gasteiger partial charge in [-0.15, -0.1) is 0 Å². The zero-order valence-corrected chi connectivity index (χ0v) is 20.3. The van der Waals surface area contributed by atoms with Crippen LogP contribution in [0.15, 0.2) is 48.5 Å². The van der Waals surface area contributed by atoms with E-state index in [-0.39, 0.29) is 24.2 Å². The number of carbonyl (C=O) groups is 2. The van der Waals surface area contributed by atoms with E-state index >= 15 is 0 Å². The third-order valence-corrected chi connectivity index (χ3v) is 7.72. The first kappa shape index (κ1) is 22.2. The van der Waals surface area contributed by atoms with E-state index in [2.05, 4.69) is 27.2 Å². The predicted octanol–water partition coefficient (Wildman–Crippen LogP) is 4.27. The number of hydrogen-bond donors (Lipinski definition) is 1. The van der Waals surface area contributed by atoms with Crippen molar-refractivity contribution in [3.05, 3.63) is 64.8 Å². The molecule has 4 heterocycles. The van der Waals surface area contributed by atoms with Gasteiger partial charge in [0.05, 0.1) is 11.6 Å². The lowest BCUT2D eigenvalue weighted by Crippen LogP contribution is -2.40. The Labute approximate surface area is 209 Å². The molecule has 3 aromatic rings. The fourth-order valence-electron chi connectivity index (χ4n) is 5.53. The fraction of sp³-hybridized carbons (Fsp3) is 0.370. The molecule has 6 rings (SSSR count). The summed E-state index contributed by atoms with van der Waals surface area (Å²) in [4.78, 5) is 32.3. The molecule has 1 aromatic heterocycles. The summed E-state index contributed by atoms with van der Waals surface area (Å²) in [5, 5.41) is 8.34. The first-order valence-electron chi connectivity index (χ1n) is 12.3. The number of amides is 2. The van der Waals surface area contributed by atoms with Crippen LogP contribution >= 0.6 is 11.6 Å². The highest BCUT2D eigenvalue weighted by Gasteiger charge is 2.38. The van der Waals surface area contributed by atoms with Crippen molar-refractivity contribution in [1.82, 2.24) is 15.1 Å². The largest absolute Gasteiger partial charge is 0.372 e. The van der Waals surface area contributed by atoms with Crippen LogP contribution in [0.1, 0.15) is 30.5 Å². The lowest BCUT2D eigenvalue weighted by atomic mass is 9.99. The predicted molar refractivity (Wildman–Crippen MR) is 137 cm³/mol. The second kappa shape index (κ2) is 9.04. The molecule has 0 saturated carbocycles. The number of benzene rings is 2. The average molecular weight is 490 g/mol. The lowest BCUT2D eigenvalue weighted by molar-refractivity contribution is -0.136. The van der Waals surface area contributed by atoms with Crippen molar-refractivity contribution in [1.29, 1.82) is 0 Å². The van der Waals surface area contributed by atoms with Gasteiger partial charge in [0.15, 0.2) is 0 Å². The number of halogens is 1. The normalized spacial score (nSPS) is 20.0. The number of nitrogens with one attached hydrogen (secondary N) is 1. The molecule has 0 bridgehead atoms. The van der Waals surface area contributed by atoms with Crippen LogP contribution in [0.3, 0.4) is 0 Å². The minimum Gasteiger partial charge on any atom is -0.372 e. The smallest absolute Gasteiger partial charge is 0.228 e. The zero-order valence-electron chi connectivity index (χ0n) is 19.5. The molecule has 7 nitrogen and oxygen atoms in total. The van der Waals surface area contributed by atoms with Gasteiger partial charge in [0, 0.05) is 78.8 Å². The molecule has 2 aromatic carbocycles. The van der Waals surface area contributed by atoms with Gasteiger partial charge >= 0.3 is 0 Å². The van der Waals surface area contributed by atoms with Crippen LogP contribution in [0, 0.1) is 5.92 Å². The highest BCUT2D eigenvalue weighted by molar-refractivity contribution is 6.30. The molecule has 3 aliphatic heterocycles. The third kappa shape index (κ3) is 4.18. The number of nitrogens with zero attached hydrogens (tertiary/aromatic N) is 4. The zero-order chi connectivity index (χ0) is 23.9. The molecule has 0 radical (unpaired) electrons. The van der Waals surface area contributed by atoms with Gasteiger partial charge in [-0.05, 0) is 49.2 Å². The Morgan fingerprint density at radius 2 is 1.69 bits per heavy atom. The Kier molecular flexibility index (Phi) is 5.72. The minimum absolute atomic E-state index is 0.0140. The van der Waals surface area contributed by atoms with Gasteiger partial charge in [0.2, 0.25) is 11.8 Å². The molecule has 1 atom stereocenters. The molecule has 1 N–H and O–H groups in total. The van der Waals surface area contributed by atoms with Crippen LogP contribution in [0.5, 0.6) is 0 Å². The number of rotatable bonds is 4. The van der Waals surface area contributed by atoms with Gasteiger partial charge < -0.3 is 14.7 Å². The van der Waals surface area contributed by atoms with E-state index < -0.39 is 0 Å². The number of fused-ring (bicyclic) bond motifs is 1. The van der Waals surface area contributed by atoms with Crippen LogP contribution in [-0.2, 0) is 22.6 Å². The Morgan fingerprint density at radius 1 is 0.971 bits per heavy atom. The molecule has 0 spiro atoms. The van der Waals surface area contributed by atoms with Gasteiger partial charge in [0.25, 0.3) is 0 Å². The number of carbonyl (C=O) groups excluding carboxylic acids is 2. The number of aromatic amines is 1. The Bertz CT molecular complexity index is 1250. The molecule has 2 amide bonds. The molecular weight excluding hydrogens is 462 g/mol. The van der Waals surface area contributed by atoms with E-state index in [1.807, 2.05) is 41.3 Å². The highest BCUT2D eigenvalue weighted by Crippen LogP contribution is 2.32. The maximum atomic E-state index is 13.5. The van der Waals surface area contributed by atoms with Crippen molar-refractivity contribution in [2.24, 2.45) is 5.92 Å². The molecule has 180 valence electrons. The minimum atomic E-state index is -0.326. The second-order valence-corrected chi connectivity index (χ2v) is 10.1. The molecule has 0 aliphatic carbocycles. The highest BCUT2D eigenvalue weighted by atomic mass is 35.5. The topological polar surface area (TPSA) is 72.5 Å². The first-order chi connectivity index (χ1) is 17.1. The van der Waals surface area contributed by atoms with Crippen molar-refractivity contribution < 1.29 is 9.59 Å². The van der Waals surface area contributed by atoms with Crippen LogP contribution in [0.4, 0.5) is 11.4 Å². The quantitative estimate of drug-likeness (QED) is 0.594. The summed E-state index contributed by atoms with van der Waals surface area (Å²) in [5.41, 5.74) is 6.02. The van der Waals surface area contributed by atoms with Gasteiger partial charge in [0.1, 0.15) is 0 Å². The molecule has 1 unspecified atom stereocenters. The molecule has 3 aliphatic rings.